The van der Waals surface area contributed by atoms with Crippen LogP contribution in [0.2, 0.25) is 0 Å². The zero-order valence-electron chi connectivity index (χ0n) is 12.0. The van der Waals surface area contributed by atoms with Crippen LogP contribution in [0.5, 0.6) is 5.75 Å². The Hall–Kier alpha value is -2.89. The number of para-hydroxylation sites is 1. The molecule has 0 atom stereocenters. The molecule has 8 heteroatoms. The van der Waals surface area contributed by atoms with Gasteiger partial charge in [0.25, 0.3) is 0 Å². The first kappa shape index (κ1) is 16.0. The number of nitro groups is 1. The summed E-state index contributed by atoms with van der Waals surface area (Å²) in [6, 6.07) is 13.7. The molecule has 6 nitrogen and oxygen atoms in total. The second kappa shape index (κ2) is 6.70. The van der Waals surface area contributed by atoms with Gasteiger partial charge in [-0.05, 0) is 41.6 Å². The van der Waals surface area contributed by atoms with Crippen LogP contribution in [0.4, 0.5) is 5.69 Å². The van der Waals surface area contributed by atoms with Crippen LogP contribution in [0.1, 0.15) is 5.56 Å². The van der Waals surface area contributed by atoms with E-state index in [9.17, 15) is 20.5 Å². The fourth-order valence-electron chi connectivity index (χ4n) is 2.00. The summed E-state index contributed by atoms with van der Waals surface area (Å²) >= 11 is 2.68. The third kappa shape index (κ3) is 3.37. The Morgan fingerprint density at radius 2 is 2.17 bits per heavy atom. The maximum atomic E-state index is 10.9. The lowest BCUT2D eigenvalue weighted by Crippen LogP contribution is -1.89. The van der Waals surface area contributed by atoms with Crippen molar-refractivity contribution in [1.29, 1.82) is 5.26 Å². The molecule has 0 fully saturated rings. The summed E-state index contributed by atoms with van der Waals surface area (Å²) in [5.74, 6) is -0.408. The lowest BCUT2D eigenvalue weighted by Gasteiger charge is -1.99. The molecule has 1 heterocycles. The van der Waals surface area contributed by atoms with Crippen molar-refractivity contribution in [1.82, 2.24) is 4.98 Å². The van der Waals surface area contributed by atoms with Gasteiger partial charge in [0.05, 0.1) is 20.0 Å². The molecule has 0 amide bonds. The molecule has 1 N–H and O–H groups in total. The molecule has 2 aromatic carbocycles. The molecular formula is C16H9N3O3S2. The van der Waals surface area contributed by atoms with Gasteiger partial charge in [-0.3, -0.25) is 10.1 Å². The molecule has 0 bridgehead atoms. The fraction of sp³-hybridized carbons (Fsp3) is 0. The highest BCUT2D eigenvalue weighted by molar-refractivity contribution is 8.05. The van der Waals surface area contributed by atoms with Crippen molar-refractivity contribution in [3.8, 4) is 11.8 Å². The van der Waals surface area contributed by atoms with Gasteiger partial charge in [0, 0.05) is 6.07 Å². The maximum absolute atomic E-state index is 10.9. The minimum atomic E-state index is -0.667. The van der Waals surface area contributed by atoms with E-state index in [1.165, 1.54) is 47.4 Å². The Morgan fingerprint density at radius 3 is 2.88 bits per heavy atom. The largest absolute Gasteiger partial charge is 0.502 e. The van der Waals surface area contributed by atoms with Crippen LogP contribution in [0.15, 0.2) is 51.7 Å². The van der Waals surface area contributed by atoms with Crippen LogP contribution in [-0.4, -0.2) is 15.0 Å². The molecule has 0 radical (unpaired) electrons. The number of thioether (sulfide) groups is 1. The molecule has 118 valence electrons. The predicted octanol–water partition coefficient (Wildman–Crippen LogP) is 4.57. The van der Waals surface area contributed by atoms with E-state index >= 15 is 0 Å². The summed E-state index contributed by atoms with van der Waals surface area (Å²) in [6.45, 7) is 0. The van der Waals surface area contributed by atoms with Crippen LogP contribution in [-0.2, 0) is 0 Å². The third-order valence-electron chi connectivity index (χ3n) is 3.08. The Kier molecular flexibility index (Phi) is 4.46. The summed E-state index contributed by atoms with van der Waals surface area (Å²) < 4.78 is 1.75. The molecule has 3 rings (SSSR count). The number of nitro benzene ring substituents is 1. The lowest BCUT2D eigenvalue weighted by atomic mass is 10.2. The highest BCUT2D eigenvalue weighted by Crippen LogP contribution is 2.35. The molecule has 0 saturated heterocycles. The lowest BCUT2D eigenvalue weighted by molar-refractivity contribution is -0.385. The number of aromatic nitrogens is 1. The van der Waals surface area contributed by atoms with Crippen LogP contribution in [0.25, 0.3) is 16.3 Å². The molecule has 24 heavy (non-hydrogen) atoms. The maximum Gasteiger partial charge on any atom is 0.311 e. The Bertz CT molecular complexity index is 972. The SMILES string of the molecule is N#CC(=Cc1ccc(O)c([N+](=O)[O-])c1)Sc1nc2ccccc2s1. The number of hydrogen-bond donors (Lipinski definition) is 1. The summed E-state index contributed by atoms with van der Waals surface area (Å²) in [6.07, 6.45) is 1.53. The van der Waals surface area contributed by atoms with Gasteiger partial charge in [0.2, 0.25) is 0 Å². The molecule has 0 spiro atoms. The Balaban J connectivity index is 1.91. The van der Waals surface area contributed by atoms with Gasteiger partial charge in [-0.2, -0.15) is 5.26 Å². The number of rotatable bonds is 4. The normalized spacial score (nSPS) is 11.4. The summed E-state index contributed by atoms with van der Waals surface area (Å²) in [5, 5.41) is 29.6. The van der Waals surface area contributed by atoms with Crippen LogP contribution in [0, 0.1) is 21.4 Å². The second-order valence-electron chi connectivity index (χ2n) is 4.68. The second-order valence-corrected chi connectivity index (χ2v) is 6.99. The zero-order valence-corrected chi connectivity index (χ0v) is 13.7. The van der Waals surface area contributed by atoms with Crippen LogP contribution in [0.3, 0.4) is 0 Å². The smallest absolute Gasteiger partial charge is 0.311 e. The number of phenols is 1. The topological polar surface area (TPSA) is 100 Å². The molecular weight excluding hydrogens is 346 g/mol. The quantitative estimate of drug-likeness (QED) is 0.318. The first-order chi connectivity index (χ1) is 11.6. The highest BCUT2D eigenvalue weighted by atomic mass is 32.2. The number of thiazole rings is 1. The average Bonchev–Trinajstić information content (AvgIpc) is 2.97. The van der Waals surface area contributed by atoms with Crippen molar-refractivity contribution in [3.05, 3.63) is 63.0 Å². The first-order valence-corrected chi connectivity index (χ1v) is 8.33. The van der Waals surface area contributed by atoms with E-state index in [0.717, 1.165) is 14.6 Å². The van der Waals surface area contributed by atoms with E-state index in [4.69, 9.17) is 0 Å². The van der Waals surface area contributed by atoms with E-state index < -0.39 is 16.4 Å². The number of phenolic OH excluding ortho intramolecular Hbond substituents is 1. The molecule has 0 aliphatic carbocycles. The van der Waals surface area contributed by atoms with E-state index in [-0.39, 0.29) is 0 Å². The molecule has 0 unspecified atom stereocenters. The Morgan fingerprint density at radius 1 is 1.38 bits per heavy atom. The number of nitrogens with zero attached hydrogens (tertiary/aromatic N) is 3. The number of allylic oxidation sites excluding steroid dienone is 1. The number of aromatic hydroxyl groups is 1. The molecule has 0 saturated carbocycles. The minimum Gasteiger partial charge on any atom is -0.502 e. The number of fused-ring (bicyclic) bond motifs is 1. The third-order valence-corrected chi connectivity index (χ3v) is 5.10. The zero-order chi connectivity index (χ0) is 17.1. The van der Waals surface area contributed by atoms with Gasteiger partial charge in [-0.15, -0.1) is 11.3 Å². The van der Waals surface area contributed by atoms with Gasteiger partial charge in [-0.25, -0.2) is 4.98 Å². The summed E-state index contributed by atoms with van der Waals surface area (Å²) in [5.41, 5.74) is 0.929. The van der Waals surface area contributed by atoms with Crippen molar-refractivity contribution in [3.63, 3.8) is 0 Å². The van der Waals surface area contributed by atoms with E-state index in [1.807, 2.05) is 24.3 Å². The van der Waals surface area contributed by atoms with Gasteiger partial charge >= 0.3 is 5.69 Å². The van der Waals surface area contributed by atoms with E-state index in [0.29, 0.717) is 10.5 Å². The van der Waals surface area contributed by atoms with Crippen LogP contribution < -0.4 is 0 Å². The number of hydrogen-bond acceptors (Lipinski definition) is 7. The molecule has 0 aliphatic heterocycles. The fourth-order valence-corrected chi connectivity index (χ4v) is 3.98. The van der Waals surface area contributed by atoms with Gasteiger partial charge in [0.15, 0.2) is 10.1 Å². The monoisotopic (exact) mass is 355 g/mol. The van der Waals surface area contributed by atoms with Crippen molar-refractivity contribution < 1.29 is 10.0 Å². The Labute approximate surface area is 144 Å². The van der Waals surface area contributed by atoms with E-state index in [2.05, 4.69) is 11.1 Å². The highest BCUT2D eigenvalue weighted by Gasteiger charge is 2.14. The van der Waals surface area contributed by atoms with Crippen molar-refractivity contribution in [2.45, 2.75) is 4.34 Å². The number of benzene rings is 2. The average molecular weight is 355 g/mol. The molecule has 0 aliphatic rings. The van der Waals surface area contributed by atoms with E-state index in [1.54, 1.807) is 0 Å². The molecule has 3 aromatic rings. The molecule has 1 aromatic heterocycles. The number of nitriles is 1. The van der Waals surface area contributed by atoms with Crippen molar-refractivity contribution in [2.24, 2.45) is 0 Å². The van der Waals surface area contributed by atoms with Crippen molar-refractivity contribution >= 4 is 45.1 Å². The predicted molar refractivity (Wildman–Crippen MR) is 93.8 cm³/mol. The summed E-state index contributed by atoms with van der Waals surface area (Å²) in [7, 11) is 0. The van der Waals surface area contributed by atoms with Gasteiger partial charge in [-0.1, -0.05) is 18.2 Å². The minimum absolute atomic E-state index is 0.356. The van der Waals surface area contributed by atoms with Crippen LogP contribution >= 0.6 is 23.1 Å². The van der Waals surface area contributed by atoms with Crippen molar-refractivity contribution in [2.75, 3.05) is 0 Å². The van der Waals surface area contributed by atoms with Gasteiger partial charge < -0.3 is 5.11 Å². The summed E-state index contributed by atoms with van der Waals surface area (Å²) in [4.78, 5) is 15.0. The standard InChI is InChI=1S/C16H9N3O3S2/c17-9-11(7-10-5-6-14(20)13(8-10)19(21)22)23-16-18-12-3-1-2-4-15(12)24-16/h1-8,20H. The van der Waals surface area contributed by atoms with Gasteiger partial charge in [0.1, 0.15) is 6.07 Å². The first-order valence-electron chi connectivity index (χ1n) is 6.69.